The van der Waals surface area contributed by atoms with Crippen LogP contribution in [0.25, 0.3) is 101 Å². The number of para-hydroxylation sites is 2. The first-order valence-corrected chi connectivity index (χ1v) is 17.1. The lowest BCUT2D eigenvalue weighted by molar-refractivity contribution is 0.673. The molecule has 4 aromatic heterocycles. The van der Waals surface area contributed by atoms with Crippen molar-refractivity contribution in [2.45, 2.75) is 0 Å². The van der Waals surface area contributed by atoms with E-state index in [1.807, 2.05) is 28.7 Å². The van der Waals surface area contributed by atoms with E-state index in [0.29, 0.717) is 0 Å². The number of hydrogen-bond donors (Lipinski definition) is 0. The summed E-state index contributed by atoms with van der Waals surface area (Å²) in [5.74, 6) is 0. The van der Waals surface area contributed by atoms with Gasteiger partial charge in [-0.1, -0.05) is 84.9 Å². The van der Waals surface area contributed by atoms with Crippen LogP contribution in [0.3, 0.4) is 0 Å². The van der Waals surface area contributed by atoms with E-state index >= 15 is 0 Å². The predicted octanol–water partition coefficient (Wildman–Crippen LogP) is 13.1. The first kappa shape index (κ1) is 24.8. The average Bonchev–Trinajstić information content (AvgIpc) is 3.86. The Hall–Kier alpha value is -5.42. The Labute approximate surface area is 270 Å². The highest BCUT2D eigenvalue weighted by Gasteiger charge is 2.20. The quantitative estimate of drug-likeness (QED) is 0.188. The van der Waals surface area contributed by atoms with Gasteiger partial charge in [0.25, 0.3) is 0 Å². The standard InChI is InChI=1S/C42H23NOS2/c1-4-15-33-30(10-1)40-34(21-20-27-25-9-2-5-16-35(25)44-41(27)40)43(33)24-19-22-37-32(23-24)29-14-7-13-28(42(29)46-37)26-12-8-18-38-39(26)31-11-3-6-17-36(31)45-38/h1-23H. The number of aromatic nitrogens is 1. The number of hydrogen-bond acceptors (Lipinski definition) is 3. The Bertz CT molecular complexity index is 3040. The second kappa shape index (κ2) is 9.07. The zero-order valence-corrected chi connectivity index (χ0v) is 26.1. The molecule has 0 radical (unpaired) electrons. The van der Waals surface area contributed by atoms with Crippen molar-refractivity contribution in [3.8, 4) is 16.8 Å². The van der Waals surface area contributed by atoms with Crippen molar-refractivity contribution in [1.29, 1.82) is 0 Å². The van der Waals surface area contributed by atoms with Crippen LogP contribution >= 0.6 is 22.7 Å². The van der Waals surface area contributed by atoms with Gasteiger partial charge >= 0.3 is 0 Å². The van der Waals surface area contributed by atoms with Crippen LogP contribution in [-0.2, 0) is 0 Å². The number of thiophene rings is 2. The summed E-state index contributed by atoms with van der Waals surface area (Å²) in [5.41, 5.74) is 7.99. The minimum atomic E-state index is 0.926. The van der Waals surface area contributed by atoms with Gasteiger partial charge in [-0.15, -0.1) is 22.7 Å². The van der Waals surface area contributed by atoms with Crippen LogP contribution in [0.4, 0.5) is 0 Å². The first-order valence-electron chi connectivity index (χ1n) is 15.5. The van der Waals surface area contributed by atoms with E-state index in [1.165, 1.54) is 62.4 Å². The van der Waals surface area contributed by atoms with Gasteiger partial charge < -0.3 is 8.98 Å². The summed E-state index contributed by atoms with van der Waals surface area (Å²) in [5, 5.41) is 9.97. The van der Waals surface area contributed by atoms with Gasteiger partial charge in [0.1, 0.15) is 11.2 Å². The smallest absolute Gasteiger partial charge is 0.145 e. The fourth-order valence-electron chi connectivity index (χ4n) is 7.65. The summed E-state index contributed by atoms with van der Waals surface area (Å²) < 4.78 is 14.3. The molecule has 4 heteroatoms. The maximum Gasteiger partial charge on any atom is 0.145 e. The molecule has 7 aromatic carbocycles. The normalized spacial score (nSPS) is 12.3. The first-order chi connectivity index (χ1) is 22.8. The molecule has 0 bridgehead atoms. The molecular weight excluding hydrogens is 599 g/mol. The van der Waals surface area contributed by atoms with E-state index in [-0.39, 0.29) is 0 Å². The third kappa shape index (κ3) is 3.24. The Morgan fingerprint density at radius 1 is 0.435 bits per heavy atom. The number of fused-ring (bicyclic) bond motifs is 13. The molecule has 46 heavy (non-hydrogen) atoms. The Morgan fingerprint density at radius 3 is 2.13 bits per heavy atom. The van der Waals surface area contributed by atoms with Crippen LogP contribution in [0.2, 0.25) is 0 Å². The van der Waals surface area contributed by atoms with E-state index < -0.39 is 0 Å². The Balaban J connectivity index is 1.18. The average molecular weight is 622 g/mol. The number of benzene rings is 7. The molecule has 0 atom stereocenters. The van der Waals surface area contributed by atoms with Crippen LogP contribution in [0.1, 0.15) is 0 Å². The van der Waals surface area contributed by atoms with Gasteiger partial charge in [-0.05, 0) is 60.2 Å². The largest absolute Gasteiger partial charge is 0.455 e. The van der Waals surface area contributed by atoms with E-state index in [2.05, 4.69) is 138 Å². The zero-order chi connectivity index (χ0) is 29.9. The van der Waals surface area contributed by atoms with Crippen LogP contribution in [0.15, 0.2) is 144 Å². The van der Waals surface area contributed by atoms with E-state index in [0.717, 1.165) is 38.5 Å². The summed E-state index contributed by atoms with van der Waals surface area (Å²) >= 11 is 3.77. The van der Waals surface area contributed by atoms with E-state index in [4.69, 9.17) is 4.42 Å². The minimum absolute atomic E-state index is 0.926. The maximum absolute atomic E-state index is 6.53. The van der Waals surface area contributed by atoms with Crippen molar-refractivity contribution >= 4 is 107 Å². The number of rotatable bonds is 2. The lowest BCUT2D eigenvalue weighted by Crippen LogP contribution is -1.93. The fraction of sp³-hybridized carbons (Fsp3) is 0. The van der Waals surface area contributed by atoms with Crippen molar-refractivity contribution in [3.05, 3.63) is 140 Å². The van der Waals surface area contributed by atoms with Crippen molar-refractivity contribution in [2.24, 2.45) is 0 Å². The highest BCUT2D eigenvalue weighted by Crippen LogP contribution is 2.46. The van der Waals surface area contributed by atoms with Crippen LogP contribution in [0, 0.1) is 0 Å². The van der Waals surface area contributed by atoms with Crippen molar-refractivity contribution in [1.82, 2.24) is 4.57 Å². The lowest BCUT2D eigenvalue weighted by atomic mass is 9.98. The summed E-state index contributed by atoms with van der Waals surface area (Å²) in [6.07, 6.45) is 0. The number of nitrogens with zero attached hydrogens (tertiary/aromatic N) is 1. The van der Waals surface area contributed by atoms with E-state index in [1.54, 1.807) is 0 Å². The van der Waals surface area contributed by atoms with Crippen LogP contribution in [0.5, 0.6) is 0 Å². The number of furan rings is 1. The summed E-state index contributed by atoms with van der Waals surface area (Å²) in [6.45, 7) is 0. The molecule has 0 aliphatic carbocycles. The van der Waals surface area contributed by atoms with Crippen LogP contribution in [-0.4, -0.2) is 4.57 Å². The molecule has 11 rings (SSSR count). The second-order valence-electron chi connectivity index (χ2n) is 12.0. The van der Waals surface area contributed by atoms with E-state index in [9.17, 15) is 0 Å². The fourth-order valence-corrected chi connectivity index (χ4v) is 9.99. The third-order valence-electron chi connectivity index (χ3n) is 9.61. The van der Waals surface area contributed by atoms with Gasteiger partial charge in [-0.3, -0.25) is 0 Å². The van der Waals surface area contributed by atoms with Gasteiger partial charge in [0.2, 0.25) is 0 Å². The molecule has 0 spiro atoms. The van der Waals surface area contributed by atoms with Gasteiger partial charge in [0.15, 0.2) is 0 Å². The molecule has 0 unspecified atom stereocenters. The molecule has 2 nitrogen and oxygen atoms in total. The molecular formula is C42H23NOS2. The van der Waals surface area contributed by atoms with Gasteiger partial charge in [-0.2, -0.15) is 0 Å². The summed E-state index contributed by atoms with van der Waals surface area (Å²) in [7, 11) is 0. The maximum atomic E-state index is 6.53. The Morgan fingerprint density at radius 2 is 1.17 bits per heavy atom. The molecule has 11 aromatic rings. The van der Waals surface area contributed by atoms with Crippen molar-refractivity contribution in [2.75, 3.05) is 0 Å². The zero-order valence-electron chi connectivity index (χ0n) is 24.5. The monoisotopic (exact) mass is 621 g/mol. The van der Waals surface area contributed by atoms with Gasteiger partial charge in [0, 0.05) is 67.8 Å². The van der Waals surface area contributed by atoms with Crippen molar-refractivity contribution < 1.29 is 4.42 Å². The predicted molar refractivity (Wildman–Crippen MR) is 199 cm³/mol. The second-order valence-corrected chi connectivity index (χ2v) is 14.2. The SMILES string of the molecule is c1ccc2c(c1)oc1c2ccc2c1c1ccccc1n2-c1ccc2sc3c(-c4cccc5sc6ccccc6c45)cccc3c2c1. The third-order valence-corrected chi connectivity index (χ3v) is 12.0. The minimum Gasteiger partial charge on any atom is -0.455 e. The molecule has 0 saturated carbocycles. The molecule has 0 aliphatic heterocycles. The topological polar surface area (TPSA) is 18.1 Å². The van der Waals surface area contributed by atoms with Gasteiger partial charge in [-0.25, -0.2) is 0 Å². The van der Waals surface area contributed by atoms with Crippen molar-refractivity contribution in [3.63, 3.8) is 0 Å². The molecule has 0 aliphatic rings. The molecule has 0 fully saturated rings. The summed E-state index contributed by atoms with van der Waals surface area (Å²) in [6, 6.07) is 50.8. The lowest BCUT2D eigenvalue weighted by Gasteiger charge is -2.08. The highest BCUT2D eigenvalue weighted by molar-refractivity contribution is 7.26. The molecule has 0 amide bonds. The summed E-state index contributed by atoms with van der Waals surface area (Å²) in [4.78, 5) is 0. The molecule has 0 N–H and O–H groups in total. The Kier molecular flexibility index (Phi) is 4.90. The molecule has 0 saturated heterocycles. The molecule has 4 heterocycles. The van der Waals surface area contributed by atoms with Crippen LogP contribution < -0.4 is 0 Å². The molecule has 214 valence electrons. The van der Waals surface area contributed by atoms with Gasteiger partial charge in [0.05, 0.1) is 16.4 Å². The highest BCUT2D eigenvalue weighted by atomic mass is 32.1.